The van der Waals surface area contributed by atoms with Gasteiger partial charge >= 0.3 is 0 Å². The molecular formula is C14H28N2O. The second kappa shape index (κ2) is 5.85. The van der Waals surface area contributed by atoms with Crippen molar-refractivity contribution in [3.63, 3.8) is 0 Å². The number of rotatable bonds is 3. The highest BCUT2D eigenvalue weighted by atomic mass is 16.2. The molecule has 0 bridgehead atoms. The Morgan fingerprint density at radius 1 is 1.41 bits per heavy atom. The van der Waals surface area contributed by atoms with Gasteiger partial charge in [0.1, 0.15) is 0 Å². The van der Waals surface area contributed by atoms with Gasteiger partial charge in [-0.2, -0.15) is 0 Å². The molecule has 17 heavy (non-hydrogen) atoms. The minimum Gasteiger partial charge on any atom is -0.354 e. The summed E-state index contributed by atoms with van der Waals surface area (Å²) >= 11 is 0. The topological polar surface area (TPSA) is 55.1 Å². The molecule has 0 aromatic carbocycles. The van der Waals surface area contributed by atoms with E-state index in [9.17, 15) is 4.79 Å². The molecule has 0 spiro atoms. The highest BCUT2D eigenvalue weighted by Gasteiger charge is 2.28. The number of carbonyl (C=O) groups excluding carboxylic acids is 1. The van der Waals surface area contributed by atoms with Crippen LogP contribution in [0.1, 0.15) is 53.4 Å². The predicted molar refractivity (Wildman–Crippen MR) is 71.6 cm³/mol. The lowest BCUT2D eigenvalue weighted by atomic mass is 9.82. The molecule has 1 fully saturated rings. The molecule has 3 atom stereocenters. The maximum atomic E-state index is 11.9. The molecule has 0 heterocycles. The van der Waals surface area contributed by atoms with Gasteiger partial charge in [-0.25, -0.2) is 0 Å². The first-order valence-electron chi connectivity index (χ1n) is 6.84. The van der Waals surface area contributed by atoms with E-state index in [0.717, 1.165) is 12.5 Å². The van der Waals surface area contributed by atoms with E-state index in [4.69, 9.17) is 5.73 Å². The van der Waals surface area contributed by atoms with Crippen LogP contribution in [0.25, 0.3) is 0 Å². The van der Waals surface area contributed by atoms with Crippen molar-refractivity contribution >= 4 is 5.91 Å². The zero-order valence-electron chi connectivity index (χ0n) is 11.8. The molecule has 0 aromatic heterocycles. The van der Waals surface area contributed by atoms with Crippen molar-refractivity contribution in [2.75, 3.05) is 6.54 Å². The molecule has 1 amide bonds. The van der Waals surface area contributed by atoms with Crippen LogP contribution in [0, 0.1) is 17.3 Å². The maximum absolute atomic E-state index is 11.9. The lowest BCUT2D eigenvalue weighted by molar-refractivity contribution is -0.124. The molecule has 3 heteroatoms. The van der Waals surface area contributed by atoms with Crippen LogP contribution in [0.15, 0.2) is 0 Å². The Morgan fingerprint density at radius 2 is 2.06 bits per heavy atom. The lowest BCUT2D eigenvalue weighted by Crippen LogP contribution is -2.49. The fourth-order valence-corrected chi connectivity index (χ4v) is 2.49. The Balaban J connectivity index is 2.33. The van der Waals surface area contributed by atoms with E-state index in [-0.39, 0.29) is 11.3 Å². The van der Waals surface area contributed by atoms with Crippen LogP contribution in [0.4, 0.5) is 0 Å². The average Bonchev–Trinajstić information content (AvgIpc) is 2.23. The Bertz CT molecular complexity index is 257. The first-order chi connectivity index (χ1) is 7.80. The first-order valence-corrected chi connectivity index (χ1v) is 6.84. The fourth-order valence-electron chi connectivity index (χ4n) is 2.49. The lowest BCUT2D eigenvalue weighted by Gasteiger charge is -2.29. The maximum Gasteiger partial charge on any atom is 0.237 e. The van der Waals surface area contributed by atoms with Gasteiger partial charge in [-0.3, -0.25) is 4.79 Å². The van der Waals surface area contributed by atoms with Crippen molar-refractivity contribution in [2.45, 2.75) is 59.4 Å². The number of nitrogens with one attached hydrogen (secondary N) is 1. The Hall–Kier alpha value is -0.570. The van der Waals surface area contributed by atoms with E-state index in [0.29, 0.717) is 5.92 Å². The predicted octanol–water partition coefficient (Wildman–Crippen LogP) is 2.30. The van der Waals surface area contributed by atoms with Gasteiger partial charge in [0.05, 0.1) is 6.04 Å². The van der Waals surface area contributed by atoms with E-state index in [1.165, 1.54) is 25.7 Å². The molecule has 1 aliphatic carbocycles. The second-order valence-corrected chi connectivity index (χ2v) is 6.73. The zero-order valence-corrected chi connectivity index (χ0v) is 11.8. The highest BCUT2D eigenvalue weighted by molar-refractivity contribution is 5.82. The molecule has 3 unspecified atom stereocenters. The van der Waals surface area contributed by atoms with E-state index >= 15 is 0 Å². The molecule has 3 N–H and O–H groups in total. The molecule has 0 saturated heterocycles. The van der Waals surface area contributed by atoms with Crippen LogP contribution in [-0.2, 0) is 4.79 Å². The Morgan fingerprint density at radius 3 is 2.59 bits per heavy atom. The standard InChI is InChI=1S/C14H28N2O/c1-10-6-5-7-11(8-10)9-16-13(17)12(15)14(2,3)4/h10-12H,5-9,15H2,1-4H3,(H,16,17). The summed E-state index contributed by atoms with van der Waals surface area (Å²) in [5.41, 5.74) is 5.76. The number of hydrogen-bond acceptors (Lipinski definition) is 2. The first kappa shape index (κ1) is 14.5. The van der Waals surface area contributed by atoms with Gasteiger partial charge in [-0.1, -0.05) is 40.5 Å². The summed E-state index contributed by atoms with van der Waals surface area (Å²) in [6.45, 7) is 9.10. The smallest absolute Gasteiger partial charge is 0.237 e. The van der Waals surface area contributed by atoms with Crippen molar-refractivity contribution < 1.29 is 4.79 Å². The quantitative estimate of drug-likeness (QED) is 0.795. The molecule has 1 saturated carbocycles. The summed E-state index contributed by atoms with van der Waals surface area (Å²) < 4.78 is 0. The Labute approximate surface area is 106 Å². The third-order valence-corrected chi connectivity index (χ3v) is 3.83. The minimum atomic E-state index is -0.413. The van der Waals surface area contributed by atoms with Crippen LogP contribution in [0.2, 0.25) is 0 Å². The Kier molecular flexibility index (Phi) is 4.99. The molecule has 1 rings (SSSR count). The van der Waals surface area contributed by atoms with Crippen molar-refractivity contribution in [1.29, 1.82) is 0 Å². The van der Waals surface area contributed by atoms with Crippen LogP contribution in [-0.4, -0.2) is 18.5 Å². The molecular weight excluding hydrogens is 212 g/mol. The molecule has 3 nitrogen and oxygen atoms in total. The van der Waals surface area contributed by atoms with Gasteiger partial charge in [0.15, 0.2) is 0 Å². The fraction of sp³-hybridized carbons (Fsp3) is 0.929. The van der Waals surface area contributed by atoms with Crippen molar-refractivity contribution in [1.82, 2.24) is 5.32 Å². The van der Waals surface area contributed by atoms with E-state index < -0.39 is 6.04 Å². The number of carbonyl (C=O) groups is 1. The zero-order chi connectivity index (χ0) is 13.1. The molecule has 100 valence electrons. The third kappa shape index (κ3) is 4.66. The van der Waals surface area contributed by atoms with Gasteiger partial charge in [-0.15, -0.1) is 0 Å². The van der Waals surface area contributed by atoms with Crippen molar-refractivity contribution in [3.8, 4) is 0 Å². The van der Waals surface area contributed by atoms with Crippen LogP contribution in [0.3, 0.4) is 0 Å². The number of hydrogen-bond donors (Lipinski definition) is 2. The van der Waals surface area contributed by atoms with Gasteiger partial charge < -0.3 is 11.1 Å². The van der Waals surface area contributed by atoms with Crippen molar-refractivity contribution in [2.24, 2.45) is 23.0 Å². The summed E-state index contributed by atoms with van der Waals surface area (Å²) in [5, 5.41) is 3.02. The average molecular weight is 240 g/mol. The van der Waals surface area contributed by atoms with Crippen LogP contribution in [0.5, 0.6) is 0 Å². The van der Waals surface area contributed by atoms with Crippen LogP contribution >= 0.6 is 0 Å². The molecule has 0 aliphatic heterocycles. The normalized spacial score (nSPS) is 27.6. The number of nitrogens with two attached hydrogens (primary N) is 1. The molecule has 0 radical (unpaired) electrons. The summed E-state index contributed by atoms with van der Waals surface area (Å²) in [4.78, 5) is 11.9. The van der Waals surface area contributed by atoms with Crippen LogP contribution < -0.4 is 11.1 Å². The van der Waals surface area contributed by atoms with Gasteiger partial charge in [0.2, 0.25) is 5.91 Å². The number of amides is 1. The molecule has 0 aromatic rings. The second-order valence-electron chi connectivity index (χ2n) is 6.73. The van der Waals surface area contributed by atoms with E-state index in [2.05, 4.69) is 12.2 Å². The van der Waals surface area contributed by atoms with Crippen molar-refractivity contribution in [3.05, 3.63) is 0 Å². The monoisotopic (exact) mass is 240 g/mol. The molecule has 1 aliphatic rings. The highest BCUT2D eigenvalue weighted by Crippen LogP contribution is 2.28. The summed E-state index contributed by atoms with van der Waals surface area (Å²) in [5.74, 6) is 1.45. The van der Waals surface area contributed by atoms with E-state index in [1.807, 2.05) is 20.8 Å². The summed E-state index contributed by atoms with van der Waals surface area (Å²) in [6, 6.07) is -0.413. The third-order valence-electron chi connectivity index (χ3n) is 3.83. The summed E-state index contributed by atoms with van der Waals surface area (Å²) in [7, 11) is 0. The SMILES string of the molecule is CC1CCCC(CNC(=O)C(N)C(C)(C)C)C1. The van der Waals surface area contributed by atoms with E-state index in [1.54, 1.807) is 0 Å². The minimum absolute atomic E-state index is 0.00396. The van der Waals surface area contributed by atoms with Gasteiger partial charge in [0.25, 0.3) is 0 Å². The van der Waals surface area contributed by atoms with Gasteiger partial charge in [-0.05, 0) is 30.1 Å². The summed E-state index contributed by atoms with van der Waals surface area (Å²) in [6.07, 6.45) is 5.12. The van der Waals surface area contributed by atoms with Gasteiger partial charge in [0, 0.05) is 6.54 Å². The largest absolute Gasteiger partial charge is 0.354 e.